The van der Waals surface area contributed by atoms with Gasteiger partial charge in [0.25, 0.3) is 0 Å². The maximum absolute atomic E-state index is 4.36. The number of tetrazole rings is 1. The van der Waals surface area contributed by atoms with Gasteiger partial charge >= 0.3 is 0 Å². The van der Waals surface area contributed by atoms with Crippen molar-refractivity contribution in [3.05, 3.63) is 35.2 Å². The van der Waals surface area contributed by atoms with Crippen LogP contribution in [0.25, 0.3) is 5.69 Å². The van der Waals surface area contributed by atoms with E-state index in [0.29, 0.717) is 0 Å². The average Bonchev–Trinajstić information content (AvgIpc) is 2.75. The van der Waals surface area contributed by atoms with Crippen molar-refractivity contribution in [3.63, 3.8) is 0 Å². The summed E-state index contributed by atoms with van der Waals surface area (Å²) in [5.74, 6) is 0.763. The van der Waals surface area contributed by atoms with Crippen LogP contribution in [0.15, 0.2) is 18.2 Å². The molecule has 0 fully saturated rings. The first-order chi connectivity index (χ1) is 8.20. The molecule has 0 unspecified atom stereocenters. The van der Waals surface area contributed by atoms with Gasteiger partial charge in [0, 0.05) is 13.0 Å². The van der Waals surface area contributed by atoms with Gasteiger partial charge in [-0.05, 0) is 37.7 Å². The highest BCUT2D eigenvalue weighted by Gasteiger charge is 2.06. The molecule has 0 radical (unpaired) electrons. The maximum atomic E-state index is 4.36. The minimum absolute atomic E-state index is 0.763. The summed E-state index contributed by atoms with van der Waals surface area (Å²) >= 11 is 0. The number of hydrogen-bond acceptors (Lipinski definition) is 4. The number of aromatic nitrogens is 4. The van der Waals surface area contributed by atoms with Crippen LogP contribution in [0.3, 0.4) is 0 Å². The highest BCUT2D eigenvalue weighted by Crippen LogP contribution is 2.13. The fraction of sp³-hybridized carbons (Fsp3) is 0.417. The molecule has 5 nitrogen and oxygen atoms in total. The molecule has 2 aromatic rings. The third-order valence-corrected chi connectivity index (χ3v) is 2.62. The highest BCUT2D eigenvalue weighted by atomic mass is 15.6. The largest absolute Gasteiger partial charge is 0.319 e. The Morgan fingerprint density at radius 1 is 1.29 bits per heavy atom. The fourth-order valence-corrected chi connectivity index (χ4v) is 1.71. The van der Waals surface area contributed by atoms with E-state index in [1.165, 1.54) is 5.56 Å². The molecule has 0 bridgehead atoms. The van der Waals surface area contributed by atoms with Crippen LogP contribution in [-0.4, -0.2) is 33.8 Å². The third kappa shape index (κ3) is 2.68. The van der Waals surface area contributed by atoms with Crippen LogP contribution in [0.2, 0.25) is 0 Å². The molecule has 0 atom stereocenters. The van der Waals surface area contributed by atoms with E-state index >= 15 is 0 Å². The first-order valence-corrected chi connectivity index (χ1v) is 5.72. The van der Waals surface area contributed by atoms with Gasteiger partial charge in [0.05, 0.1) is 5.69 Å². The minimum atomic E-state index is 0.763. The molecule has 0 aliphatic carbocycles. The van der Waals surface area contributed by atoms with Crippen molar-refractivity contribution >= 4 is 0 Å². The summed E-state index contributed by atoms with van der Waals surface area (Å²) in [6.07, 6.45) is 0.793. The van der Waals surface area contributed by atoms with Gasteiger partial charge in [-0.25, -0.2) is 0 Å². The van der Waals surface area contributed by atoms with E-state index < -0.39 is 0 Å². The Bertz CT molecular complexity index is 503. The SMILES string of the molecule is CNCCc1nnn(-c2ccc(C)cc2C)n1. The zero-order valence-electron chi connectivity index (χ0n) is 10.4. The lowest BCUT2D eigenvalue weighted by Gasteiger charge is -2.03. The van der Waals surface area contributed by atoms with Gasteiger partial charge < -0.3 is 5.32 Å². The normalized spacial score (nSPS) is 10.8. The summed E-state index contributed by atoms with van der Waals surface area (Å²) in [6.45, 7) is 4.99. The van der Waals surface area contributed by atoms with Gasteiger partial charge in [0.15, 0.2) is 5.82 Å². The van der Waals surface area contributed by atoms with E-state index in [9.17, 15) is 0 Å². The molecule has 0 aliphatic heterocycles. The Hall–Kier alpha value is -1.75. The summed E-state index contributed by atoms with van der Waals surface area (Å²) in [5, 5.41) is 15.5. The van der Waals surface area contributed by atoms with Crippen molar-refractivity contribution in [2.45, 2.75) is 20.3 Å². The van der Waals surface area contributed by atoms with Crippen molar-refractivity contribution in [3.8, 4) is 5.69 Å². The quantitative estimate of drug-likeness (QED) is 0.854. The first kappa shape index (κ1) is 11.7. The van der Waals surface area contributed by atoms with E-state index in [0.717, 1.165) is 30.0 Å². The van der Waals surface area contributed by atoms with Crippen LogP contribution < -0.4 is 5.32 Å². The van der Waals surface area contributed by atoms with Crippen molar-refractivity contribution in [2.24, 2.45) is 0 Å². The molecular weight excluding hydrogens is 214 g/mol. The number of rotatable bonds is 4. The van der Waals surface area contributed by atoms with Crippen molar-refractivity contribution in [1.29, 1.82) is 0 Å². The summed E-state index contributed by atoms with van der Waals surface area (Å²) in [7, 11) is 1.91. The minimum Gasteiger partial charge on any atom is -0.319 e. The second-order valence-electron chi connectivity index (χ2n) is 4.14. The van der Waals surface area contributed by atoms with Crippen LogP contribution in [-0.2, 0) is 6.42 Å². The monoisotopic (exact) mass is 231 g/mol. The zero-order valence-corrected chi connectivity index (χ0v) is 10.4. The Morgan fingerprint density at radius 3 is 2.82 bits per heavy atom. The van der Waals surface area contributed by atoms with Crippen LogP contribution >= 0.6 is 0 Å². The lowest BCUT2D eigenvalue weighted by Crippen LogP contribution is -2.11. The number of likely N-dealkylation sites (N-methyl/N-ethyl adjacent to an activating group) is 1. The van der Waals surface area contributed by atoms with Gasteiger partial charge in [-0.3, -0.25) is 0 Å². The molecule has 0 spiro atoms. The van der Waals surface area contributed by atoms with Crippen LogP contribution in [0.4, 0.5) is 0 Å². The van der Waals surface area contributed by atoms with Gasteiger partial charge in [-0.1, -0.05) is 17.7 Å². The maximum Gasteiger partial charge on any atom is 0.176 e. The van der Waals surface area contributed by atoms with E-state index in [2.05, 4.69) is 46.7 Å². The molecule has 2 rings (SSSR count). The molecule has 5 heteroatoms. The molecule has 1 heterocycles. The molecule has 0 aliphatic rings. The lowest BCUT2D eigenvalue weighted by molar-refractivity contribution is 0.709. The predicted molar refractivity (Wildman–Crippen MR) is 66.3 cm³/mol. The highest BCUT2D eigenvalue weighted by molar-refractivity contribution is 5.40. The van der Waals surface area contributed by atoms with Crippen LogP contribution in [0.5, 0.6) is 0 Å². The molecule has 1 aromatic heterocycles. The van der Waals surface area contributed by atoms with E-state index in [-0.39, 0.29) is 0 Å². The summed E-state index contributed by atoms with van der Waals surface area (Å²) in [4.78, 5) is 1.60. The first-order valence-electron chi connectivity index (χ1n) is 5.72. The van der Waals surface area contributed by atoms with E-state index in [1.807, 2.05) is 13.1 Å². The molecule has 0 saturated carbocycles. The van der Waals surface area contributed by atoms with Gasteiger partial charge in [-0.15, -0.1) is 15.0 Å². The molecule has 1 N–H and O–H groups in total. The molecule has 0 amide bonds. The van der Waals surface area contributed by atoms with Gasteiger partial charge in [-0.2, -0.15) is 0 Å². The Labute approximate surface area is 101 Å². The van der Waals surface area contributed by atoms with Crippen molar-refractivity contribution in [1.82, 2.24) is 25.5 Å². The summed E-state index contributed by atoms with van der Waals surface area (Å²) < 4.78 is 0. The van der Waals surface area contributed by atoms with Crippen molar-refractivity contribution < 1.29 is 0 Å². The molecular formula is C12H17N5. The van der Waals surface area contributed by atoms with Gasteiger partial charge in [0.1, 0.15) is 0 Å². The number of hydrogen-bond donors (Lipinski definition) is 1. The Kier molecular flexibility index (Phi) is 3.49. The molecule has 17 heavy (non-hydrogen) atoms. The Morgan fingerprint density at radius 2 is 2.12 bits per heavy atom. The standard InChI is InChI=1S/C12H17N5/c1-9-4-5-11(10(2)8-9)17-15-12(14-16-17)6-7-13-3/h4-5,8,13H,6-7H2,1-3H3. The molecule has 1 aromatic carbocycles. The van der Waals surface area contributed by atoms with Crippen LogP contribution in [0.1, 0.15) is 17.0 Å². The van der Waals surface area contributed by atoms with Crippen molar-refractivity contribution in [2.75, 3.05) is 13.6 Å². The Balaban J connectivity index is 2.24. The smallest absolute Gasteiger partial charge is 0.176 e. The van der Waals surface area contributed by atoms with Gasteiger partial charge in [0.2, 0.25) is 0 Å². The molecule has 0 saturated heterocycles. The number of nitrogens with one attached hydrogen (secondary N) is 1. The van der Waals surface area contributed by atoms with E-state index in [1.54, 1.807) is 4.80 Å². The number of nitrogens with zero attached hydrogens (tertiary/aromatic N) is 4. The number of benzene rings is 1. The molecule has 90 valence electrons. The second-order valence-corrected chi connectivity index (χ2v) is 4.14. The average molecular weight is 231 g/mol. The second kappa shape index (κ2) is 5.05. The van der Waals surface area contributed by atoms with E-state index in [4.69, 9.17) is 0 Å². The van der Waals surface area contributed by atoms with Crippen LogP contribution in [0, 0.1) is 13.8 Å². The predicted octanol–water partition coefficient (Wildman–Crippen LogP) is 1.04. The lowest BCUT2D eigenvalue weighted by atomic mass is 10.1. The number of aryl methyl sites for hydroxylation is 2. The summed E-state index contributed by atoms with van der Waals surface area (Å²) in [6, 6.07) is 6.19. The summed E-state index contributed by atoms with van der Waals surface area (Å²) in [5.41, 5.74) is 3.38. The zero-order chi connectivity index (χ0) is 12.3. The third-order valence-electron chi connectivity index (χ3n) is 2.62. The fourth-order valence-electron chi connectivity index (χ4n) is 1.71. The topological polar surface area (TPSA) is 55.6 Å².